The summed E-state index contributed by atoms with van der Waals surface area (Å²) in [6.07, 6.45) is 3.21. The molecule has 1 atom stereocenters. The van der Waals surface area contributed by atoms with Crippen molar-refractivity contribution >= 4 is 18.0 Å². The summed E-state index contributed by atoms with van der Waals surface area (Å²) in [5.41, 5.74) is 2.74. The predicted molar refractivity (Wildman–Crippen MR) is 89.2 cm³/mol. The molecule has 1 unspecified atom stereocenters. The van der Waals surface area contributed by atoms with Gasteiger partial charge in [-0.1, -0.05) is 43.2 Å². The summed E-state index contributed by atoms with van der Waals surface area (Å²) in [6, 6.07) is 9.08. The minimum atomic E-state index is -1.83. The molecule has 138 valence electrons. The van der Waals surface area contributed by atoms with Crippen LogP contribution in [-0.2, 0) is 16.0 Å². The van der Waals surface area contributed by atoms with Gasteiger partial charge in [0, 0.05) is 5.92 Å². The first kappa shape index (κ1) is 20.4. The maximum absolute atomic E-state index is 12.1. The molecule has 1 aliphatic carbocycles. The van der Waals surface area contributed by atoms with Gasteiger partial charge in [-0.25, -0.2) is 10.3 Å². The normalized spacial score (nSPS) is 14.8. The highest BCUT2D eigenvalue weighted by Gasteiger charge is 2.27. The van der Waals surface area contributed by atoms with Crippen LogP contribution < -0.4 is 10.8 Å². The Bertz CT molecular complexity index is 554. The average Bonchev–Trinajstić information content (AvgIpc) is 3.13. The lowest BCUT2D eigenvalue weighted by Crippen LogP contribution is -2.47. The second-order valence-corrected chi connectivity index (χ2v) is 5.83. The summed E-state index contributed by atoms with van der Waals surface area (Å²) in [4.78, 5) is 32.4. The van der Waals surface area contributed by atoms with Gasteiger partial charge in [0.25, 0.3) is 5.91 Å². The van der Waals surface area contributed by atoms with Crippen molar-refractivity contribution in [2.45, 2.75) is 44.6 Å². The molecule has 2 amide bonds. The minimum absolute atomic E-state index is 0.00992. The molecule has 0 bridgehead atoms. The van der Waals surface area contributed by atoms with E-state index in [1.54, 1.807) is 5.48 Å². The predicted octanol–water partition coefficient (Wildman–Crippen LogP) is 2.02. The highest BCUT2D eigenvalue weighted by molar-refractivity contribution is 5.88. The number of amides is 2. The van der Waals surface area contributed by atoms with Crippen LogP contribution in [0.1, 0.15) is 37.7 Å². The number of hydrogen-bond donors (Lipinski definition) is 5. The largest absolute Gasteiger partial charge is 0.503 e. The molecule has 2 rings (SSSR count). The number of hydroxylamine groups is 1. The first-order valence-corrected chi connectivity index (χ1v) is 8.14. The van der Waals surface area contributed by atoms with Crippen LogP contribution in [0.5, 0.6) is 0 Å². The average molecular weight is 352 g/mol. The summed E-state index contributed by atoms with van der Waals surface area (Å²) in [5, 5.41) is 25.5. The Balaban J connectivity index is 0.000000705. The zero-order valence-electron chi connectivity index (χ0n) is 13.9. The van der Waals surface area contributed by atoms with Gasteiger partial charge in [0.2, 0.25) is 5.91 Å². The van der Waals surface area contributed by atoms with E-state index in [2.05, 4.69) is 5.32 Å². The first-order chi connectivity index (χ1) is 11.9. The molecule has 0 heterocycles. The quantitative estimate of drug-likeness (QED) is 0.392. The standard InChI is InChI=1S/C16H22N2O3.CH2O3/c19-15(13-8-4-5-9-13)17-14(16(20)18-21)11-10-12-6-2-1-3-7-12;2-1(3)4/h1-3,6-7,13-14,21H,4-5,8-11H2,(H,17,19)(H,18,20);(H2,2,3,4). The molecule has 5 N–H and O–H groups in total. The fraction of sp³-hybridized carbons (Fsp3) is 0.471. The van der Waals surface area contributed by atoms with Crippen molar-refractivity contribution in [3.63, 3.8) is 0 Å². The molecule has 0 aliphatic heterocycles. The van der Waals surface area contributed by atoms with Crippen molar-refractivity contribution in [2.24, 2.45) is 5.92 Å². The van der Waals surface area contributed by atoms with Gasteiger partial charge in [-0.15, -0.1) is 0 Å². The Morgan fingerprint density at radius 1 is 1.08 bits per heavy atom. The molecule has 1 fully saturated rings. The van der Waals surface area contributed by atoms with Gasteiger partial charge in [-0.3, -0.25) is 14.8 Å². The third-order valence-corrected chi connectivity index (χ3v) is 4.03. The van der Waals surface area contributed by atoms with Gasteiger partial charge < -0.3 is 15.5 Å². The van der Waals surface area contributed by atoms with E-state index in [9.17, 15) is 9.59 Å². The van der Waals surface area contributed by atoms with Gasteiger partial charge >= 0.3 is 6.16 Å². The van der Waals surface area contributed by atoms with Crippen molar-refractivity contribution in [2.75, 3.05) is 0 Å². The number of rotatable bonds is 6. The van der Waals surface area contributed by atoms with Crippen LogP contribution in [0.4, 0.5) is 4.79 Å². The van der Waals surface area contributed by atoms with Crippen LogP contribution in [0.2, 0.25) is 0 Å². The molecule has 0 aromatic heterocycles. The van der Waals surface area contributed by atoms with Crippen LogP contribution in [0, 0.1) is 5.92 Å². The van der Waals surface area contributed by atoms with E-state index in [1.807, 2.05) is 30.3 Å². The summed E-state index contributed by atoms with van der Waals surface area (Å²) in [6.45, 7) is 0. The van der Waals surface area contributed by atoms with Crippen LogP contribution in [0.25, 0.3) is 0 Å². The number of carbonyl (C=O) groups excluding carboxylic acids is 2. The molecular weight excluding hydrogens is 328 g/mol. The molecule has 25 heavy (non-hydrogen) atoms. The first-order valence-electron chi connectivity index (χ1n) is 8.14. The third-order valence-electron chi connectivity index (χ3n) is 4.03. The lowest BCUT2D eigenvalue weighted by Gasteiger charge is -2.19. The summed E-state index contributed by atoms with van der Waals surface area (Å²) < 4.78 is 0. The van der Waals surface area contributed by atoms with E-state index < -0.39 is 18.1 Å². The second-order valence-electron chi connectivity index (χ2n) is 5.83. The lowest BCUT2D eigenvalue weighted by molar-refractivity contribution is -0.136. The topological polar surface area (TPSA) is 136 Å². The Labute approximate surface area is 145 Å². The molecule has 1 aromatic rings. The number of aryl methyl sites for hydroxylation is 1. The Morgan fingerprint density at radius 3 is 2.16 bits per heavy atom. The zero-order chi connectivity index (χ0) is 18.7. The highest BCUT2D eigenvalue weighted by atomic mass is 16.6. The minimum Gasteiger partial charge on any atom is -0.450 e. The van der Waals surface area contributed by atoms with Gasteiger partial charge in [0.05, 0.1) is 0 Å². The van der Waals surface area contributed by atoms with E-state index in [0.717, 1.165) is 31.2 Å². The fourth-order valence-corrected chi connectivity index (χ4v) is 2.78. The van der Waals surface area contributed by atoms with Crippen LogP contribution in [0.3, 0.4) is 0 Å². The fourth-order valence-electron chi connectivity index (χ4n) is 2.78. The Morgan fingerprint density at radius 2 is 1.64 bits per heavy atom. The maximum atomic E-state index is 12.1. The van der Waals surface area contributed by atoms with Crippen LogP contribution in [-0.4, -0.2) is 39.4 Å². The maximum Gasteiger partial charge on any atom is 0.503 e. The zero-order valence-corrected chi connectivity index (χ0v) is 13.9. The number of carboxylic acid groups (broad SMARTS) is 2. The second kappa shape index (κ2) is 11.0. The van der Waals surface area contributed by atoms with E-state index in [0.29, 0.717) is 12.8 Å². The van der Waals surface area contributed by atoms with Crippen LogP contribution >= 0.6 is 0 Å². The summed E-state index contributed by atoms with van der Waals surface area (Å²) in [7, 11) is 0. The molecular formula is C17H24N2O6. The number of carbonyl (C=O) groups is 3. The summed E-state index contributed by atoms with van der Waals surface area (Å²) >= 11 is 0. The molecule has 0 spiro atoms. The van der Waals surface area contributed by atoms with E-state index >= 15 is 0 Å². The Kier molecular flexibility index (Phi) is 9.02. The monoisotopic (exact) mass is 352 g/mol. The van der Waals surface area contributed by atoms with Crippen molar-refractivity contribution in [3.8, 4) is 0 Å². The van der Waals surface area contributed by atoms with Gasteiger partial charge in [0.15, 0.2) is 0 Å². The molecule has 1 aromatic carbocycles. The Hall–Kier alpha value is -2.61. The number of nitrogens with one attached hydrogen (secondary N) is 2. The summed E-state index contributed by atoms with van der Waals surface area (Å²) in [5.74, 6) is -0.623. The van der Waals surface area contributed by atoms with Crippen molar-refractivity contribution in [1.82, 2.24) is 10.8 Å². The van der Waals surface area contributed by atoms with Gasteiger partial charge in [-0.05, 0) is 31.2 Å². The molecule has 1 saturated carbocycles. The van der Waals surface area contributed by atoms with Crippen molar-refractivity contribution in [3.05, 3.63) is 35.9 Å². The van der Waals surface area contributed by atoms with Crippen LogP contribution in [0.15, 0.2) is 30.3 Å². The number of hydrogen-bond acceptors (Lipinski definition) is 4. The van der Waals surface area contributed by atoms with E-state index in [1.165, 1.54) is 0 Å². The molecule has 0 radical (unpaired) electrons. The van der Waals surface area contributed by atoms with Crippen molar-refractivity contribution in [1.29, 1.82) is 0 Å². The smallest absolute Gasteiger partial charge is 0.450 e. The molecule has 8 nitrogen and oxygen atoms in total. The SMILES string of the molecule is O=C(NC(CCc1ccccc1)C(=O)NO)C1CCCC1.O=C(O)O. The van der Waals surface area contributed by atoms with E-state index in [-0.39, 0.29) is 11.8 Å². The van der Waals surface area contributed by atoms with E-state index in [4.69, 9.17) is 20.2 Å². The van der Waals surface area contributed by atoms with Crippen molar-refractivity contribution < 1.29 is 29.8 Å². The molecule has 1 aliphatic rings. The third kappa shape index (κ3) is 8.16. The molecule has 0 saturated heterocycles. The highest BCUT2D eigenvalue weighted by Crippen LogP contribution is 2.24. The number of benzene rings is 1. The van der Waals surface area contributed by atoms with Gasteiger partial charge in [0.1, 0.15) is 6.04 Å². The lowest BCUT2D eigenvalue weighted by atomic mass is 10.0. The van der Waals surface area contributed by atoms with Gasteiger partial charge in [-0.2, -0.15) is 0 Å². The molecule has 8 heteroatoms.